The van der Waals surface area contributed by atoms with Gasteiger partial charge in [-0.05, 0) is 56.1 Å². The highest BCUT2D eigenvalue weighted by atomic mass is 32.1. The fourth-order valence-corrected chi connectivity index (χ4v) is 4.24. The van der Waals surface area contributed by atoms with Gasteiger partial charge in [-0.2, -0.15) is 0 Å². The lowest BCUT2D eigenvalue weighted by molar-refractivity contribution is -0.126. The first-order chi connectivity index (χ1) is 10.6. The molecule has 0 bridgehead atoms. The molecule has 0 unspecified atom stereocenters. The monoisotopic (exact) mass is 318 g/mol. The molecule has 2 amide bonds. The quantitative estimate of drug-likeness (QED) is 0.650. The highest BCUT2D eigenvalue weighted by molar-refractivity contribution is 7.14. The lowest BCUT2D eigenvalue weighted by Crippen LogP contribution is -2.44. The molecule has 2 aliphatic carbocycles. The summed E-state index contributed by atoms with van der Waals surface area (Å²) in [6.45, 7) is 2.25. The Balaban J connectivity index is 1.56. The van der Waals surface area contributed by atoms with Gasteiger partial charge in [-0.1, -0.05) is 19.1 Å². The van der Waals surface area contributed by atoms with E-state index in [2.05, 4.69) is 23.9 Å². The molecule has 1 aromatic rings. The average Bonchev–Trinajstić information content (AvgIpc) is 2.96. The summed E-state index contributed by atoms with van der Waals surface area (Å²) in [4.78, 5) is 26.2. The maximum absolute atomic E-state index is 12.2. The van der Waals surface area contributed by atoms with Crippen molar-refractivity contribution < 1.29 is 9.59 Å². The largest absolute Gasteiger partial charge is 0.279 e. The summed E-state index contributed by atoms with van der Waals surface area (Å²) >= 11 is 1.56. The number of nitrogens with one attached hydrogen (secondary N) is 2. The molecule has 4 nitrogen and oxygen atoms in total. The van der Waals surface area contributed by atoms with Crippen molar-refractivity contribution >= 4 is 23.2 Å². The summed E-state index contributed by atoms with van der Waals surface area (Å²) in [6.07, 6.45) is 9.98. The third-order valence-electron chi connectivity index (χ3n) is 4.49. The molecule has 0 saturated carbocycles. The van der Waals surface area contributed by atoms with E-state index in [1.165, 1.54) is 16.9 Å². The molecule has 5 heteroatoms. The molecule has 0 saturated heterocycles. The number of carbonyl (C=O) groups is 2. The predicted molar refractivity (Wildman–Crippen MR) is 87.6 cm³/mol. The molecule has 118 valence electrons. The van der Waals surface area contributed by atoms with Crippen LogP contribution in [0.1, 0.15) is 52.7 Å². The first-order valence-electron chi connectivity index (χ1n) is 8.00. The Labute approximate surface area is 135 Å². The van der Waals surface area contributed by atoms with Gasteiger partial charge in [0.15, 0.2) is 0 Å². The summed E-state index contributed by atoms with van der Waals surface area (Å²) in [5.74, 6) is 0.374. The molecule has 22 heavy (non-hydrogen) atoms. The van der Waals surface area contributed by atoms with E-state index in [1.807, 2.05) is 12.1 Å². The zero-order chi connectivity index (χ0) is 15.5. The molecular weight excluding hydrogens is 296 g/mol. The van der Waals surface area contributed by atoms with Gasteiger partial charge in [0.2, 0.25) is 5.91 Å². The Morgan fingerprint density at radius 3 is 2.86 bits per heavy atom. The van der Waals surface area contributed by atoms with Crippen molar-refractivity contribution in [2.75, 3.05) is 0 Å². The van der Waals surface area contributed by atoms with Gasteiger partial charge in [-0.25, -0.2) is 0 Å². The molecule has 0 fully saturated rings. The van der Waals surface area contributed by atoms with Crippen LogP contribution in [0.3, 0.4) is 0 Å². The van der Waals surface area contributed by atoms with Crippen molar-refractivity contribution in [3.05, 3.63) is 33.5 Å². The van der Waals surface area contributed by atoms with Crippen LogP contribution in [0.25, 0.3) is 0 Å². The number of amides is 2. The summed E-state index contributed by atoms with van der Waals surface area (Å²) in [7, 11) is 0. The molecule has 0 aliphatic heterocycles. The molecular formula is C17H22N2O2S. The molecule has 0 aromatic carbocycles. The topological polar surface area (TPSA) is 58.2 Å². The average molecular weight is 318 g/mol. The second-order valence-corrected chi connectivity index (χ2v) is 7.47. The number of thiophene rings is 1. The molecule has 2 N–H and O–H groups in total. The van der Waals surface area contributed by atoms with E-state index in [4.69, 9.17) is 0 Å². The van der Waals surface area contributed by atoms with Crippen LogP contribution in [0.15, 0.2) is 18.2 Å². The summed E-state index contributed by atoms with van der Waals surface area (Å²) in [5.41, 5.74) is 6.44. The maximum atomic E-state index is 12.2. The van der Waals surface area contributed by atoms with Crippen LogP contribution in [-0.4, -0.2) is 11.8 Å². The lowest BCUT2D eigenvalue weighted by atomic mass is 9.90. The van der Waals surface area contributed by atoms with E-state index < -0.39 is 0 Å². The molecule has 1 heterocycles. The van der Waals surface area contributed by atoms with Crippen molar-refractivity contribution in [2.45, 2.75) is 45.4 Å². The number of carbonyl (C=O) groups excluding carboxylic acids is 2. The van der Waals surface area contributed by atoms with E-state index >= 15 is 0 Å². The highest BCUT2D eigenvalue weighted by Gasteiger charge is 2.22. The van der Waals surface area contributed by atoms with Crippen molar-refractivity contribution in [3.8, 4) is 0 Å². The second kappa shape index (κ2) is 6.65. The van der Waals surface area contributed by atoms with Crippen LogP contribution in [0.4, 0.5) is 0 Å². The van der Waals surface area contributed by atoms with Gasteiger partial charge in [-0.15, -0.1) is 11.3 Å². The van der Waals surface area contributed by atoms with Crippen molar-refractivity contribution in [2.24, 2.45) is 11.8 Å². The lowest BCUT2D eigenvalue weighted by Gasteiger charge is -2.17. The Morgan fingerprint density at radius 1 is 1.23 bits per heavy atom. The number of hydrogen-bond acceptors (Lipinski definition) is 3. The summed E-state index contributed by atoms with van der Waals surface area (Å²) < 4.78 is 0. The van der Waals surface area contributed by atoms with E-state index in [1.54, 1.807) is 11.3 Å². The molecule has 0 spiro atoms. The van der Waals surface area contributed by atoms with E-state index in [0.29, 0.717) is 10.8 Å². The number of allylic oxidation sites excluding steroid dienone is 2. The predicted octanol–water partition coefficient (Wildman–Crippen LogP) is 2.99. The molecule has 0 radical (unpaired) electrons. The zero-order valence-corrected chi connectivity index (χ0v) is 13.7. The van der Waals surface area contributed by atoms with Crippen LogP contribution in [-0.2, 0) is 17.6 Å². The minimum Gasteiger partial charge on any atom is -0.273 e. The number of hydrazine groups is 1. The third kappa shape index (κ3) is 3.40. The molecule has 1 aromatic heterocycles. The third-order valence-corrected chi connectivity index (χ3v) is 5.73. The van der Waals surface area contributed by atoms with Crippen molar-refractivity contribution in [3.63, 3.8) is 0 Å². The minimum atomic E-state index is -0.202. The van der Waals surface area contributed by atoms with Gasteiger partial charge < -0.3 is 0 Å². The van der Waals surface area contributed by atoms with Crippen LogP contribution < -0.4 is 10.9 Å². The van der Waals surface area contributed by atoms with Crippen LogP contribution in [0, 0.1) is 11.8 Å². The van der Waals surface area contributed by atoms with Gasteiger partial charge >= 0.3 is 0 Å². The Bertz CT molecular complexity index is 606. The van der Waals surface area contributed by atoms with Gasteiger partial charge in [0.1, 0.15) is 0 Å². The SMILES string of the molecule is C[C@@H]1CCc2sc(C(=O)NNC(=O)[C@H]3CC=CCC3)cc2C1. The fourth-order valence-electron chi connectivity index (χ4n) is 3.13. The molecule has 3 rings (SSSR count). The summed E-state index contributed by atoms with van der Waals surface area (Å²) in [6, 6.07) is 1.99. The normalized spacial score (nSPS) is 23.7. The van der Waals surface area contributed by atoms with Gasteiger partial charge in [-0.3, -0.25) is 20.4 Å². The van der Waals surface area contributed by atoms with E-state index in [9.17, 15) is 9.59 Å². The number of fused-ring (bicyclic) bond motifs is 1. The van der Waals surface area contributed by atoms with Gasteiger partial charge in [0, 0.05) is 10.8 Å². The maximum Gasteiger partial charge on any atom is 0.279 e. The Morgan fingerprint density at radius 2 is 2.09 bits per heavy atom. The van der Waals surface area contributed by atoms with Crippen LogP contribution >= 0.6 is 11.3 Å². The number of aryl methyl sites for hydroxylation is 1. The summed E-state index contributed by atoms with van der Waals surface area (Å²) in [5, 5.41) is 0. The fraction of sp³-hybridized carbons (Fsp3) is 0.529. The standard InChI is InChI=1S/C17H22N2O2S/c1-11-7-8-14-13(9-11)10-15(22-14)17(21)19-18-16(20)12-5-3-2-4-6-12/h2-3,10-12H,4-9H2,1H3,(H,18,20)(H,19,21)/t11-,12+/m1/s1. The molecule has 2 atom stereocenters. The number of hydrogen-bond donors (Lipinski definition) is 2. The zero-order valence-electron chi connectivity index (χ0n) is 12.9. The Hall–Kier alpha value is -1.62. The number of rotatable bonds is 2. The van der Waals surface area contributed by atoms with E-state index in [0.717, 1.165) is 32.1 Å². The second-order valence-electron chi connectivity index (χ2n) is 6.33. The van der Waals surface area contributed by atoms with Crippen LogP contribution in [0.5, 0.6) is 0 Å². The highest BCUT2D eigenvalue weighted by Crippen LogP contribution is 2.32. The minimum absolute atomic E-state index is 0.0253. The van der Waals surface area contributed by atoms with Crippen molar-refractivity contribution in [1.82, 2.24) is 10.9 Å². The molecule has 2 aliphatic rings. The first kappa shape index (κ1) is 15.3. The van der Waals surface area contributed by atoms with Gasteiger partial charge in [0.25, 0.3) is 5.91 Å². The van der Waals surface area contributed by atoms with Crippen molar-refractivity contribution in [1.29, 1.82) is 0 Å². The first-order valence-corrected chi connectivity index (χ1v) is 8.82. The van der Waals surface area contributed by atoms with Gasteiger partial charge in [0.05, 0.1) is 4.88 Å². The Kier molecular flexibility index (Phi) is 4.62. The van der Waals surface area contributed by atoms with Crippen LogP contribution in [0.2, 0.25) is 0 Å². The van der Waals surface area contributed by atoms with E-state index in [-0.39, 0.29) is 17.7 Å². The smallest absolute Gasteiger partial charge is 0.273 e.